The van der Waals surface area contributed by atoms with E-state index in [1.54, 1.807) is 18.3 Å². The van der Waals surface area contributed by atoms with Gasteiger partial charge in [0, 0.05) is 24.2 Å². The van der Waals surface area contributed by atoms with Gasteiger partial charge in [-0.05, 0) is 19.9 Å². The van der Waals surface area contributed by atoms with Crippen LogP contribution in [0.15, 0.2) is 24.5 Å². The van der Waals surface area contributed by atoms with Crippen LogP contribution >= 0.6 is 0 Å². The normalized spacial score (nSPS) is 14.9. The molecule has 0 aliphatic rings. The molecule has 1 rings (SSSR count). The molecule has 0 bridgehead atoms. The van der Waals surface area contributed by atoms with Gasteiger partial charge in [-0.25, -0.2) is 8.42 Å². The molecule has 0 fully saturated rings. The van der Waals surface area contributed by atoms with Gasteiger partial charge in [-0.15, -0.1) is 0 Å². The number of hydrogen-bond acceptors (Lipinski definition) is 4. The average molecular weight is 229 g/mol. The second kappa shape index (κ2) is 3.90. The van der Waals surface area contributed by atoms with E-state index in [2.05, 4.69) is 4.98 Å². The quantitative estimate of drug-likeness (QED) is 0.837. The molecule has 0 radical (unpaired) electrons. The summed E-state index contributed by atoms with van der Waals surface area (Å²) >= 11 is 0. The van der Waals surface area contributed by atoms with Crippen molar-refractivity contribution in [2.45, 2.75) is 24.7 Å². The Bertz CT molecular complexity index is 425. The van der Waals surface area contributed by atoms with Crippen molar-refractivity contribution in [3.05, 3.63) is 30.1 Å². The van der Waals surface area contributed by atoms with Gasteiger partial charge in [-0.2, -0.15) is 0 Å². The van der Waals surface area contributed by atoms with Gasteiger partial charge >= 0.3 is 0 Å². The fourth-order valence-electron chi connectivity index (χ4n) is 1.14. The third kappa shape index (κ3) is 2.35. The first-order valence-electron chi connectivity index (χ1n) is 4.54. The molecule has 0 saturated carbocycles. The van der Waals surface area contributed by atoms with Gasteiger partial charge in [-0.1, -0.05) is 6.07 Å². The number of sulfone groups is 1. The highest BCUT2D eigenvalue weighted by Crippen LogP contribution is 2.31. The molecule has 1 unspecified atom stereocenters. The summed E-state index contributed by atoms with van der Waals surface area (Å²) < 4.78 is 21.8. The Morgan fingerprint density at radius 1 is 1.47 bits per heavy atom. The van der Waals surface area contributed by atoms with Gasteiger partial charge in [0.05, 0.1) is 10.9 Å². The van der Waals surface area contributed by atoms with E-state index in [1.807, 2.05) is 0 Å². The molecule has 0 amide bonds. The standard InChI is InChI=1S/C10H15NO3S/c1-10(2,15(3,13)14)9(12)8-5-4-6-11-7-8/h4-7,9,12H,1-3H3. The van der Waals surface area contributed by atoms with Crippen molar-refractivity contribution < 1.29 is 13.5 Å². The monoisotopic (exact) mass is 229 g/mol. The molecule has 5 heteroatoms. The van der Waals surface area contributed by atoms with Crippen LogP contribution in [-0.2, 0) is 9.84 Å². The first kappa shape index (κ1) is 12.1. The second-order valence-electron chi connectivity index (χ2n) is 4.06. The first-order chi connectivity index (χ1) is 6.77. The van der Waals surface area contributed by atoms with Crippen molar-refractivity contribution in [3.8, 4) is 0 Å². The summed E-state index contributed by atoms with van der Waals surface area (Å²) in [7, 11) is -3.33. The van der Waals surface area contributed by atoms with Crippen LogP contribution in [0, 0.1) is 0 Å². The van der Waals surface area contributed by atoms with E-state index in [-0.39, 0.29) is 0 Å². The topological polar surface area (TPSA) is 67.3 Å². The van der Waals surface area contributed by atoms with E-state index in [9.17, 15) is 13.5 Å². The van der Waals surface area contributed by atoms with E-state index in [0.29, 0.717) is 5.56 Å². The summed E-state index contributed by atoms with van der Waals surface area (Å²) in [6.07, 6.45) is 3.09. The fraction of sp³-hybridized carbons (Fsp3) is 0.500. The lowest BCUT2D eigenvalue weighted by Crippen LogP contribution is -2.37. The number of aliphatic hydroxyl groups is 1. The maximum atomic E-state index is 11.5. The van der Waals surface area contributed by atoms with Crippen LogP contribution < -0.4 is 0 Å². The van der Waals surface area contributed by atoms with Gasteiger partial charge < -0.3 is 5.11 Å². The molecule has 1 atom stereocenters. The van der Waals surface area contributed by atoms with Crippen LogP contribution in [0.5, 0.6) is 0 Å². The number of aliphatic hydroxyl groups excluding tert-OH is 1. The predicted molar refractivity (Wildman–Crippen MR) is 58.1 cm³/mol. The Morgan fingerprint density at radius 2 is 2.07 bits per heavy atom. The van der Waals surface area contributed by atoms with Gasteiger partial charge in [0.25, 0.3) is 0 Å². The molecule has 0 aliphatic heterocycles. The smallest absolute Gasteiger partial charge is 0.155 e. The zero-order valence-corrected chi connectivity index (χ0v) is 9.82. The molecule has 0 saturated heterocycles. The summed E-state index contributed by atoms with van der Waals surface area (Å²) in [5, 5.41) is 9.96. The Kier molecular flexibility index (Phi) is 3.16. The molecule has 0 aliphatic carbocycles. The second-order valence-corrected chi connectivity index (χ2v) is 6.66. The molecular weight excluding hydrogens is 214 g/mol. The molecule has 4 nitrogen and oxygen atoms in total. The van der Waals surface area contributed by atoms with Gasteiger partial charge in [-0.3, -0.25) is 4.98 Å². The molecule has 1 N–H and O–H groups in total. The van der Waals surface area contributed by atoms with Crippen LogP contribution in [0.4, 0.5) is 0 Å². The highest BCUT2D eigenvalue weighted by molar-refractivity contribution is 7.92. The Balaban J connectivity index is 3.11. The van der Waals surface area contributed by atoms with Crippen molar-refractivity contribution in [3.63, 3.8) is 0 Å². The average Bonchev–Trinajstić information content (AvgIpc) is 2.16. The van der Waals surface area contributed by atoms with Crippen LogP contribution in [0.1, 0.15) is 25.5 Å². The van der Waals surface area contributed by atoms with Crippen LogP contribution in [0.3, 0.4) is 0 Å². The van der Waals surface area contributed by atoms with E-state index in [4.69, 9.17) is 0 Å². The maximum absolute atomic E-state index is 11.5. The molecular formula is C10H15NO3S. The van der Waals surface area contributed by atoms with Crippen molar-refractivity contribution >= 4 is 9.84 Å². The minimum atomic E-state index is -3.33. The third-order valence-electron chi connectivity index (χ3n) is 2.61. The maximum Gasteiger partial charge on any atom is 0.155 e. The van der Waals surface area contributed by atoms with Crippen LogP contribution in [-0.4, -0.2) is 29.5 Å². The van der Waals surface area contributed by atoms with E-state index >= 15 is 0 Å². The largest absolute Gasteiger partial charge is 0.387 e. The highest BCUT2D eigenvalue weighted by atomic mass is 32.2. The number of hydrogen-bond donors (Lipinski definition) is 1. The third-order valence-corrected chi connectivity index (χ3v) is 4.75. The number of aromatic nitrogens is 1. The van der Waals surface area contributed by atoms with E-state index in [0.717, 1.165) is 6.26 Å². The Labute approximate surface area is 89.9 Å². The Morgan fingerprint density at radius 3 is 2.47 bits per heavy atom. The van der Waals surface area contributed by atoms with E-state index in [1.165, 1.54) is 20.0 Å². The van der Waals surface area contributed by atoms with Gasteiger partial charge in [0.2, 0.25) is 0 Å². The summed E-state index contributed by atoms with van der Waals surface area (Å²) in [5.74, 6) is 0. The van der Waals surface area contributed by atoms with E-state index < -0.39 is 20.7 Å². The lowest BCUT2D eigenvalue weighted by Gasteiger charge is -2.28. The molecule has 1 aromatic heterocycles. The summed E-state index contributed by atoms with van der Waals surface area (Å²) in [4.78, 5) is 3.85. The van der Waals surface area contributed by atoms with Crippen LogP contribution in [0.25, 0.3) is 0 Å². The lowest BCUT2D eigenvalue weighted by molar-refractivity contribution is 0.139. The summed E-state index contributed by atoms with van der Waals surface area (Å²) in [5.41, 5.74) is 0.507. The van der Waals surface area contributed by atoms with Gasteiger partial charge in [0.1, 0.15) is 0 Å². The Hall–Kier alpha value is -0.940. The summed E-state index contributed by atoms with van der Waals surface area (Å²) in [6.45, 7) is 3.00. The van der Waals surface area contributed by atoms with Crippen molar-refractivity contribution in [2.75, 3.05) is 6.26 Å². The summed E-state index contributed by atoms with van der Waals surface area (Å²) in [6, 6.07) is 3.32. The SMILES string of the molecule is CC(C)(C(O)c1cccnc1)S(C)(=O)=O. The molecule has 1 heterocycles. The first-order valence-corrected chi connectivity index (χ1v) is 6.43. The number of pyridine rings is 1. The predicted octanol–water partition coefficient (Wildman–Crippen LogP) is 0.938. The van der Waals surface area contributed by atoms with Gasteiger partial charge in [0.15, 0.2) is 9.84 Å². The highest BCUT2D eigenvalue weighted by Gasteiger charge is 2.38. The lowest BCUT2D eigenvalue weighted by atomic mass is 10.00. The minimum Gasteiger partial charge on any atom is -0.387 e. The molecule has 0 spiro atoms. The van der Waals surface area contributed by atoms with Crippen molar-refractivity contribution in [1.29, 1.82) is 0 Å². The molecule has 1 aromatic rings. The van der Waals surface area contributed by atoms with Crippen molar-refractivity contribution in [1.82, 2.24) is 4.98 Å². The number of rotatable bonds is 3. The number of nitrogens with zero attached hydrogens (tertiary/aromatic N) is 1. The molecule has 0 aromatic carbocycles. The zero-order valence-electron chi connectivity index (χ0n) is 9.01. The minimum absolute atomic E-state index is 0.507. The van der Waals surface area contributed by atoms with Crippen LogP contribution in [0.2, 0.25) is 0 Å². The molecule has 15 heavy (non-hydrogen) atoms. The molecule has 84 valence electrons. The van der Waals surface area contributed by atoms with Crippen molar-refractivity contribution in [2.24, 2.45) is 0 Å². The zero-order chi connectivity index (χ0) is 11.7. The fourth-order valence-corrected chi connectivity index (χ4v) is 1.68.